The third-order valence-electron chi connectivity index (χ3n) is 3.93. The van der Waals surface area contributed by atoms with Crippen LogP contribution < -0.4 is 5.32 Å². The molecule has 0 radical (unpaired) electrons. The molecule has 3 aromatic rings. The maximum Gasteiger partial charge on any atom is 0.406 e. The maximum atomic E-state index is 12.5. The highest BCUT2D eigenvalue weighted by Gasteiger charge is 2.28. The molecule has 0 saturated carbocycles. The number of alkyl halides is 3. The number of benzene rings is 1. The van der Waals surface area contributed by atoms with E-state index < -0.39 is 12.7 Å². The lowest BCUT2D eigenvalue weighted by molar-refractivity contribution is -0.141. The summed E-state index contributed by atoms with van der Waals surface area (Å²) in [4.78, 5) is 7.24. The van der Waals surface area contributed by atoms with Gasteiger partial charge in [-0.2, -0.15) is 13.2 Å². The van der Waals surface area contributed by atoms with E-state index in [0.717, 1.165) is 16.5 Å². The van der Waals surface area contributed by atoms with Crippen LogP contribution in [0.25, 0.3) is 10.9 Å². The number of rotatable bonds is 6. The Hall–Kier alpha value is -2.28. The van der Waals surface area contributed by atoms with Crippen LogP contribution in [-0.2, 0) is 19.5 Å². The number of hydrogen-bond acceptors (Lipinski definition) is 2. The zero-order valence-corrected chi connectivity index (χ0v) is 13.3. The highest BCUT2D eigenvalue weighted by Crippen LogP contribution is 2.20. The third kappa shape index (κ3) is 3.97. The maximum absolute atomic E-state index is 12.5. The molecule has 0 unspecified atom stereocenters. The van der Waals surface area contributed by atoms with Crippen molar-refractivity contribution in [2.45, 2.75) is 32.6 Å². The van der Waals surface area contributed by atoms with Crippen molar-refractivity contribution in [1.82, 2.24) is 19.9 Å². The van der Waals surface area contributed by atoms with Crippen LogP contribution in [0.5, 0.6) is 0 Å². The topological polar surface area (TPSA) is 45.6 Å². The smallest absolute Gasteiger partial charge is 0.361 e. The van der Waals surface area contributed by atoms with Gasteiger partial charge in [0.2, 0.25) is 0 Å². The first-order valence-electron chi connectivity index (χ1n) is 7.76. The van der Waals surface area contributed by atoms with Crippen LogP contribution in [0.3, 0.4) is 0 Å². The van der Waals surface area contributed by atoms with Crippen LogP contribution >= 0.6 is 0 Å². The predicted molar refractivity (Wildman–Crippen MR) is 86.7 cm³/mol. The van der Waals surface area contributed by atoms with Crippen LogP contribution in [0.1, 0.15) is 17.0 Å². The summed E-state index contributed by atoms with van der Waals surface area (Å²) < 4.78 is 38.6. The number of halogens is 3. The molecule has 4 nitrogen and oxygen atoms in total. The van der Waals surface area contributed by atoms with Crippen molar-refractivity contribution in [1.29, 1.82) is 0 Å². The van der Waals surface area contributed by atoms with Gasteiger partial charge >= 0.3 is 6.18 Å². The number of H-pyrrole nitrogens is 1. The first kappa shape index (κ1) is 16.6. The number of imidazole rings is 1. The molecule has 24 heavy (non-hydrogen) atoms. The van der Waals surface area contributed by atoms with E-state index in [4.69, 9.17) is 0 Å². The van der Waals surface area contributed by atoms with Gasteiger partial charge in [-0.3, -0.25) is 0 Å². The summed E-state index contributed by atoms with van der Waals surface area (Å²) >= 11 is 0. The monoisotopic (exact) mass is 336 g/mol. The van der Waals surface area contributed by atoms with Gasteiger partial charge < -0.3 is 14.9 Å². The van der Waals surface area contributed by atoms with Crippen molar-refractivity contribution in [3.8, 4) is 0 Å². The minimum Gasteiger partial charge on any atom is -0.361 e. The highest BCUT2D eigenvalue weighted by molar-refractivity contribution is 5.83. The fraction of sp³-hybridized carbons (Fsp3) is 0.353. The normalized spacial score (nSPS) is 12.2. The molecule has 0 fully saturated rings. The van der Waals surface area contributed by atoms with Gasteiger partial charge in [0, 0.05) is 29.5 Å². The summed E-state index contributed by atoms with van der Waals surface area (Å²) in [5, 5.41) is 4.35. The molecule has 2 heterocycles. The molecule has 0 amide bonds. The number of fused-ring (bicyclic) bond motifs is 1. The number of hydrogen-bond donors (Lipinski definition) is 2. The Bertz CT molecular complexity index is 817. The molecule has 0 spiro atoms. The molecule has 2 aromatic heterocycles. The standard InChI is InChI=1S/C17H19F3N4/c1-12-2-3-14-13(9-23-15(14)8-12)4-5-21-10-16-22-6-7-24(16)11-17(18,19)20/h2-3,6-9,21,23H,4-5,10-11H2,1H3. The molecular formula is C17H19F3N4. The Labute approximate surface area is 137 Å². The molecule has 3 rings (SSSR count). The third-order valence-corrected chi connectivity index (χ3v) is 3.93. The Kier molecular flexibility index (Phi) is 4.62. The minimum absolute atomic E-state index is 0.310. The summed E-state index contributed by atoms with van der Waals surface area (Å²) in [5.41, 5.74) is 3.49. The molecule has 0 atom stereocenters. The van der Waals surface area contributed by atoms with Crippen molar-refractivity contribution in [3.63, 3.8) is 0 Å². The second-order valence-corrected chi connectivity index (χ2v) is 5.88. The van der Waals surface area contributed by atoms with E-state index in [-0.39, 0.29) is 0 Å². The zero-order valence-electron chi connectivity index (χ0n) is 13.3. The minimum atomic E-state index is -4.24. The Balaban J connectivity index is 1.55. The lowest BCUT2D eigenvalue weighted by Crippen LogP contribution is -2.23. The molecule has 0 saturated heterocycles. The van der Waals surface area contributed by atoms with Crippen molar-refractivity contribution in [2.75, 3.05) is 6.54 Å². The van der Waals surface area contributed by atoms with Gasteiger partial charge in [-0.15, -0.1) is 0 Å². The van der Waals surface area contributed by atoms with E-state index >= 15 is 0 Å². The SMILES string of the molecule is Cc1ccc2c(CCNCc3nccn3CC(F)(F)F)c[nH]c2c1. The Morgan fingerprint density at radius 3 is 2.92 bits per heavy atom. The van der Waals surface area contributed by atoms with E-state index in [2.05, 4.69) is 33.5 Å². The van der Waals surface area contributed by atoms with Crippen LogP contribution in [0.2, 0.25) is 0 Å². The van der Waals surface area contributed by atoms with Gasteiger partial charge in [0.25, 0.3) is 0 Å². The van der Waals surface area contributed by atoms with E-state index in [0.29, 0.717) is 18.9 Å². The van der Waals surface area contributed by atoms with Crippen LogP contribution in [0, 0.1) is 6.92 Å². The van der Waals surface area contributed by atoms with Crippen LogP contribution in [0.15, 0.2) is 36.8 Å². The van der Waals surface area contributed by atoms with Crippen molar-refractivity contribution in [3.05, 3.63) is 53.7 Å². The van der Waals surface area contributed by atoms with Gasteiger partial charge in [-0.1, -0.05) is 12.1 Å². The Morgan fingerprint density at radius 1 is 1.29 bits per heavy atom. The van der Waals surface area contributed by atoms with Crippen molar-refractivity contribution in [2.24, 2.45) is 0 Å². The van der Waals surface area contributed by atoms with Crippen molar-refractivity contribution < 1.29 is 13.2 Å². The summed E-state index contributed by atoms with van der Waals surface area (Å²) in [6.07, 6.45) is 1.29. The van der Waals surface area contributed by atoms with E-state index in [9.17, 15) is 13.2 Å². The second kappa shape index (κ2) is 6.68. The first-order chi connectivity index (χ1) is 11.4. The molecule has 2 N–H and O–H groups in total. The first-order valence-corrected chi connectivity index (χ1v) is 7.76. The predicted octanol–water partition coefficient (Wildman–Crippen LogP) is 3.57. The number of nitrogens with zero attached hydrogens (tertiary/aromatic N) is 2. The van der Waals surface area contributed by atoms with Gasteiger partial charge in [0.1, 0.15) is 12.4 Å². The van der Waals surface area contributed by atoms with Gasteiger partial charge in [-0.05, 0) is 37.1 Å². The lowest BCUT2D eigenvalue weighted by Gasteiger charge is -2.11. The van der Waals surface area contributed by atoms with Gasteiger partial charge in [0.15, 0.2) is 0 Å². The number of aromatic nitrogens is 3. The fourth-order valence-electron chi connectivity index (χ4n) is 2.77. The lowest BCUT2D eigenvalue weighted by atomic mass is 10.1. The highest BCUT2D eigenvalue weighted by atomic mass is 19.4. The second-order valence-electron chi connectivity index (χ2n) is 5.88. The summed E-state index contributed by atoms with van der Waals surface area (Å²) in [6.45, 7) is 2.01. The van der Waals surface area contributed by atoms with E-state index in [1.54, 1.807) is 0 Å². The van der Waals surface area contributed by atoms with Crippen LogP contribution in [0.4, 0.5) is 13.2 Å². The Morgan fingerprint density at radius 2 is 2.12 bits per heavy atom. The quantitative estimate of drug-likeness (QED) is 0.676. The molecule has 0 aliphatic carbocycles. The zero-order chi connectivity index (χ0) is 17.2. The van der Waals surface area contributed by atoms with Crippen molar-refractivity contribution >= 4 is 10.9 Å². The summed E-state index contributed by atoms with van der Waals surface area (Å²) in [6, 6.07) is 6.26. The van der Waals surface area contributed by atoms with E-state index in [1.165, 1.54) is 28.9 Å². The van der Waals surface area contributed by atoms with Gasteiger partial charge in [-0.25, -0.2) is 4.98 Å². The van der Waals surface area contributed by atoms with Crippen LogP contribution in [-0.4, -0.2) is 27.3 Å². The summed E-state index contributed by atoms with van der Waals surface area (Å²) in [7, 11) is 0. The molecule has 1 aromatic carbocycles. The molecule has 0 bridgehead atoms. The number of aromatic amines is 1. The number of aryl methyl sites for hydroxylation is 1. The molecule has 0 aliphatic rings. The average Bonchev–Trinajstić information content (AvgIpc) is 3.09. The van der Waals surface area contributed by atoms with Gasteiger partial charge in [0.05, 0.1) is 6.54 Å². The molecular weight excluding hydrogens is 317 g/mol. The number of nitrogens with one attached hydrogen (secondary N) is 2. The molecule has 128 valence electrons. The molecule has 7 heteroatoms. The largest absolute Gasteiger partial charge is 0.406 e. The average molecular weight is 336 g/mol. The van der Waals surface area contributed by atoms with E-state index in [1.807, 2.05) is 13.1 Å². The molecule has 0 aliphatic heterocycles. The summed E-state index contributed by atoms with van der Waals surface area (Å²) in [5.74, 6) is 0.391. The fourth-order valence-corrected chi connectivity index (χ4v) is 2.77.